The molecule has 2 aromatic carbocycles. The van der Waals surface area contributed by atoms with Crippen molar-refractivity contribution < 1.29 is 14.5 Å². The van der Waals surface area contributed by atoms with Crippen molar-refractivity contribution in [2.45, 2.75) is 26.8 Å². The van der Waals surface area contributed by atoms with Crippen LogP contribution in [0.4, 0.5) is 11.4 Å². The highest BCUT2D eigenvalue weighted by Gasteiger charge is 2.13. The highest BCUT2D eigenvalue weighted by atomic mass is 35.5. The molecule has 1 aromatic heterocycles. The average Bonchev–Trinajstić information content (AvgIpc) is 2.99. The molecule has 0 radical (unpaired) electrons. The molecular formula is C20H19ClN4O4. The number of benzene rings is 2. The third-order valence-corrected chi connectivity index (χ3v) is 4.47. The smallest absolute Gasteiger partial charge is 0.275 e. The minimum absolute atomic E-state index is 0.133. The number of aryl methyl sites for hydroxylation is 3. The fourth-order valence-corrected chi connectivity index (χ4v) is 2.76. The fourth-order valence-electron chi connectivity index (χ4n) is 2.61. The van der Waals surface area contributed by atoms with Crippen molar-refractivity contribution in [3.63, 3.8) is 0 Å². The first-order chi connectivity index (χ1) is 13.8. The Morgan fingerprint density at radius 3 is 2.55 bits per heavy atom. The van der Waals surface area contributed by atoms with Gasteiger partial charge in [0.25, 0.3) is 5.69 Å². The van der Waals surface area contributed by atoms with Crippen LogP contribution in [0.5, 0.6) is 11.5 Å². The summed E-state index contributed by atoms with van der Waals surface area (Å²) in [6, 6.07) is 11.4. The SMILES string of the molecule is Cc1ccc(Oc2cc(NC(=O)CCn3cc(Cl)c(C)n3)cc([N+](=O)[O-])c2)cc1. The van der Waals surface area contributed by atoms with E-state index in [4.69, 9.17) is 16.3 Å². The van der Waals surface area contributed by atoms with Gasteiger partial charge in [-0.1, -0.05) is 29.3 Å². The molecule has 1 N–H and O–H groups in total. The fraction of sp³-hybridized carbons (Fsp3) is 0.200. The maximum Gasteiger partial charge on any atom is 0.275 e. The number of nitro groups is 1. The number of carbonyl (C=O) groups excluding carboxylic acids is 1. The monoisotopic (exact) mass is 414 g/mol. The number of aromatic nitrogens is 2. The summed E-state index contributed by atoms with van der Waals surface area (Å²) in [5, 5.41) is 18.6. The number of halogens is 1. The lowest BCUT2D eigenvalue weighted by atomic mass is 10.2. The molecule has 0 aliphatic carbocycles. The molecule has 0 bridgehead atoms. The van der Waals surface area contributed by atoms with Gasteiger partial charge in [-0.3, -0.25) is 19.6 Å². The van der Waals surface area contributed by atoms with Gasteiger partial charge in [-0.2, -0.15) is 5.10 Å². The Balaban J connectivity index is 1.71. The van der Waals surface area contributed by atoms with E-state index < -0.39 is 4.92 Å². The van der Waals surface area contributed by atoms with Crippen LogP contribution >= 0.6 is 11.6 Å². The van der Waals surface area contributed by atoms with Crippen LogP contribution in [0, 0.1) is 24.0 Å². The summed E-state index contributed by atoms with van der Waals surface area (Å²) in [4.78, 5) is 23.0. The van der Waals surface area contributed by atoms with Crippen molar-refractivity contribution in [1.29, 1.82) is 0 Å². The lowest BCUT2D eigenvalue weighted by molar-refractivity contribution is -0.384. The first-order valence-corrected chi connectivity index (χ1v) is 9.21. The van der Waals surface area contributed by atoms with Gasteiger partial charge in [0.1, 0.15) is 11.5 Å². The van der Waals surface area contributed by atoms with Crippen molar-refractivity contribution in [1.82, 2.24) is 9.78 Å². The first-order valence-electron chi connectivity index (χ1n) is 8.83. The third-order valence-electron chi connectivity index (χ3n) is 4.10. The van der Waals surface area contributed by atoms with Crippen molar-refractivity contribution >= 4 is 28.9 Å². The number of nitrogens with zero attached hydrogens (tertiary/aromatic N) is 3. The molecule has 1 heterocycles. The maximum atomic E-state index is 12.3. The molecule has 29 heavy (non-hydrogen) atoms. The molecule has 0 saturated carbocycles. The molecule has 8 nitrogen and oxygen atoms in total. The molecular weight excluding hydrogens is 396 g/mol. The molecule has 0 aliphatic heterocycles. The van der Waals surface area contributed by atoms with Crippen LogP contribution < -0.4 is 10.1 Å². The number of hydrogen-bond donors (Lipinski definition) is 1. The van der Waals surface area contributed by atoms with E-state index in [9.17, 15) is 14.9 Å². The van der Waals surface area contributed by atoms with Crippen LogP contribution in [0.2, 0.25) is 5.02 Å². The van der Waals surface area contributed by atoms with E-state index in [2.05, 4.69) is 10.4 Å². The molecule has 9 heteroatoms. The van der Waals surface area contributed by atoms with Crippen molar-refractivity contribution in [3.8, 4) is 11.5 Å². The van der Waals surface area contributed by atoms with E-state index in [0.29, 0.717) is 23.0 Å². The second-order valence-corrected chi connectivity index (χ2v) is 6.92. The van der Waals surface area contributed by atoms with Gasteiger partial charge >= 0.3 is 0 Å². The lowest BCUT2D eigenvalue weighted by Gasteiger charge is -2.10. The Morgan fingerprint density at radius 1 is 1.21 bits per heavy atom. The van der Waals surface area contributed by atoms with Gasteiger partial charge in [0.2, 0.25) is 5.91 Å². The summed E-state index contributed by atoms with van der Waals surface area (Å²) in [6.45, 7) is 4.06. The number of nitrogens with one attached hydrogen (secondary N) is 1. The lowest BCUT2D eigenvalue weighted by Crippen LogP contribution is -2.15. The van der Waals surface area contributed by atoms with Gasteiger partial charge in [0.05, 0.1) is 27.4 Å². The largest absolute Gasteiger partial charge is 0.457 e. The second-order valence-electron chi connectivity index (χ2n) is 6.51. The van der Waals surface area contributed by atoms with E-state index in [-0.39, 0.29) is 29.5 Å². The number of ether oxygens (including phenoxy) is 1. The minimum Gasteiger partial charge on any atom is -0.457 e. The number of rotatable bonds is 7. The molecule has 0 spiro atoms. The second kappa shape index (κ2) is 8.74. The normalized spacial score (nSPS) is 10.6. The number of carbonyl (C=O) groups is 1. The number of nitro benzene ring substituents is 1. The maximum absolute atomic E-state index is 12.3. The van der Waals surface area contributed by atoms with Crippen LogP contribution in [0.1, 0.15) is 17.7 Å². The van der Waals surface area contributed by atoms with Crippen molar-refractivity contribution in [3.05, 3.63) is 75.1 Å². The molecule has 0 saturated heterocycles. The van der Waals surface area contributed by atoms with Crippen LogP contribution in [0.3, 0.4) is 0 Å². The molecule has 1 amide bonds. The predicted molar refractivity (Wildman–Crippen MR) is 110 cm³/mol. The molecule has 3 aromatic rings. The van der Waals surface area contributed by atoms with Crippen LogP contribution in [0.15, 0.2) is 48.7 Å². The van der Waals surface area contributed by atoms with Gasteiger partial charge in [-0.15, -0.1) is 0 Å². The Kier molecular flexibility index (Phi) is 6.13. The summed E-state index contributed by atoms with van der Waals surface area (Å²) in [7, 11) is 0. The highest BCUT2D eigenvalue weighted by Crippen LogP contribution is 2.30. The van der Waals surface area contributed by atoms with E-state index in [1.54, 1.807) is 36.0 Å². The zero-order chi connectivity index (χ0) is 21.0. The topological polar surface area (TPSA) is 99.3 Å². The van der Waals surface area contributed by atoms with E-state index in [1.165, 1.54) is 12.1 Å². The van der Waals surface area contributed by atoms with Crippen LogP contribution in [-0.2, 0) is 11.3 Å². The summed E-state index contributed by atoms with van der Waals surface area (Å²) < 4.78 is 7.29. The summed E-state index contributed by atoms with van der Waals surface area (Å²) in [5.74, 6) is 0.489. The number of anilines is 1. The van der Waals surface area contributed by atoms with Gasteiger partial charge in [0.15, 0.2) is 0 Å². The Labute approximate surface area is 172 Å². The number of hydrogen-bond acceptors (Lipinski definition) is 5. The standard InChI is InChI=1S/C20H19ClN4O4/c1-13-3-5-17(6-4-13)29-18-10-15(9-16(11-18)25(27)28)22-20(26)7-8-24-12-19(21)14(2)23-24/h3-6,9-12H,7-8H2,1-2H3,(H,22,26). The van der Waals surface area contributed by atoms with Gasteiger partial charge < -0.3 is 10.1 Å². The Bertz CT molecular complexity index is 1030. The Morgan fingerprint density at radius 2 is 1.93 bits per heavy atom. The zero-order valence-corrected chi connectivity index (χ0v) is 16.6. The molecule has 3 rings (SSSR count). The van der Waals surface area contributed by atoms with Gasteiger partial charge in [-0.25, -0.2) is 0 Å². The number of amides is 1. The Hall–Kier alpha value is -3.39. The molecule has 0 unspecified atom stereocenters. The third kappa shape index (κ3) is 5.55. The van der Waals surface area contributed by atoms with Crippen LogP contribution in [-0.4, -0.2) is 20.6 Å². The van der Waals surface area contributed by atoms with Gasteiger partial charge in [0, 0.05) is 31.3 Å². The van der Waals surface area contributed by atoms with Crippen molar-refractivity contribution in [2.24, 2.45) is 0 Å². The van der Waals surface area contributed by atoms with Crippen molar-refractivity contribution in [2.75, 3.05) is 5.32 Å². The molecule has 0 atom stereocenters. The first kappa shape index (κ1) is 20.3. The summed E-state index contributed by atoms with van der Waals surface area (Å²) in [6.07, 6.45) is 1.78. The minimum atomic E-state index is -0.536. The van der Waals surface area contributed by atoms with Gasteiger partial charge in [-0.05, 0) is 26.0 Å². The summed E-state index contributed by atoms with van der Waals surface area (Å²) in [5.41, 5.74) is 1.85. The highest BCUT2D eigenvalue weighted by molar-refractivity contribution is 6.31. The van der Waals surface area contributed by atoms with E-state index >= 15 is 0 Å². The zero-order valence-electron chi connectivity index (χ0n) is 15.9. The summed E-state index contributed by atoms with van der Waals surface area (Å²) >= 11 is 5.95. The van der Waals surface area contributed by atoms with Crippen LogP contribution in [0.25, 0.3) is 0 Å². The van der Waals surface area contributed by atoms with E-state index in [1.807, 2.05) is 19.1 Å². The molecule has 0 aliphatic rings. The molecule has 150 valence electrons. The average molecular weight is 415 g/mol. The van der Waals surface area contributed by atoms with E-state index in [0.717, 1.165) is 5.56 Å². The quantitative estimate of drug-likeness (QED) is 0.438. The molecule has 0 fully saturated rings. The number of non-ortho nitro benzene ring substituents is 1. The predicted octanol–water partition coefficient (Wildman–Crippen LogP) is 4.88.